The Morgan fingerprint density at radius 2 is 2.12 bits per heavy atom. The van der Waals surface area contributed by atoms with E-state index in [4.69, 9.17) is 4.74 Å². The Morgan fingerprint density at radius 3 is 2.71 bits per heavy atom. The number of rotatable bonds is 3. The van der Waals surface area contributed by atoms with Crippen molar-refractivity contribution >= 4 is 11.5 Å². The third-order valence-electron chi connectivity index (χ3n) is 2.79. The first-order chi connectivity index (χ1) is 8.33. The maximum absolute atomic E-state index is 12.0. The number of carbonyl (C=O) groups is 1. The Bertz CT molecular complexity index is 415. The minimum Gasteiger partial charge on any atom is -0.462 e. The summed E-state index contributed by atoms with van der Waals surface area (Å²) < 4.78 is 5.13. The molecule has 0 unspecified atom stereocenters. The summed E-state index contributed by atoms with van der Waals surface area (Å²) in [7, 11) is 0. The van der Waals surface area contributed by atoms with Gasteiger partial charge in [0.05, 0.1) is 12.2 Å². The highest BCUT2D eigenvalue weighted by molar-refractivity contribution is 6.17. The predicted molar refractivity (Wildman–Crippen MR) is 67.2 cm³/mol. The zero-order chi connectivity index (χ0) is 12.1. The van der Waals surface area contributed by atoms with E-state index in [2.05, 4.69) is 5.32 Å². The van der Waals surface area contributed by atoms with Crippen LogP contribution in [0.15, 0.2) is 36.0 Å². The Balaban J connectivity index is 2.37. The van der Waals surface area contributed by atoms with E-state index < -0.39 is 0 Å². The van der Waals surface area contributed by atoms with Gasteiger partial charge in [-0.05, 0) is 25.3 Å². The van der Waals surface area contributed by atoms with Crippen LogP contribution in [0, 0.1) is 0 Å². The molecule has 0 amide bonds. The first kappa shape index (κ1) is 11.7. The number of nitrogens with one attached hydrogen (secondary N) is 1. The van der Waals surface area contributed by atoms with Crippen LogP contribution in [-0.4, -0.2) is 19.1 Å². The van der Waals surface area contributed by atoms with Gasteiger partial charge in [-0.1, -0.05) is 30.3 Å². The zero-order valence-corrected chi connectivity index (χ0v) is 10.0. The first-order valence-corrected chi connectivity index (χ1v) is 6.02. The summed E-state index contributed by atoms with van der Waals surface area (Å²) in [5.41, 5.74) is 2.62. The fraction of sp³-hybridized carbons (Fsp3) is 0.357. The second kappa shape index (κ2) is 5.53. The van der Waals surface area contributed by atoms with E-state index >= 15 is 0 Å². The summed E-state index contributed by atoms with van der Waals surface area (Å²) in [6, 6.07) is 9.70. The molecule has 1 aromatic rings. The normalized spacial score (nSPS) is 17.5. The van der Waals surface area contributed by atoms with Gasteiger partial charge in [-0.15, -0.1) is 0 Å². The molecule has 0 atom stereocenters. The van der Waals surface area contributed by atoms with Crippen molar-refractivity contribution in [1.29, 1.82) is 0 Å². The maximum Gasteiger partial charge on any atom is 0.340 e. The molecule has 3 nitrogen and oxygen atoms in total. The van der Waals surface area contributed by atoms with Crippen LogP contribution < -0.4 is 5.32 Å². The van der Waals surface area contributed by atoms with E-state index in [-0.39, 0.29) is 5.97 Å². The Labute approximate surface area is 101 Å². The average Bonchev–Trinajstić information content (AvgIpc) is 2.85. The van der Waals surface area contributed by atoms with E-state index in [1.165, 1.54) is 0 Å². The van der Waals surface area contributed by atoms with Gasteiger partial charge < -0.3 is 10.1 Å². The molecule has 0 saturated carbocycles. The third-order valence-corrected chi connectivity index (χ3v) is 2.79. The molecule has 3 heteroatoms. The second-order valence-electron chi connectivity index (χ2n) is 3.97. The number of benzene rings is 1. The first-order valence-electron chi connectivity index (χ1n) is 6.02. The van der Waals surface area contributed by atoms with Crippen molar-refractivity contribution in [3.05, 3.63) is 41.6 Å². The number of hydrogen-bond donors (Lipinski definition) is 1. The van der Waals surface area contributed by atoms with Crippen molar-refractivity contribution in [3.8, 4) is 0 Å². The number of carbonyl (C=O) groups excluding carboxylic acids is 1. The molecule has 1 fully saturated rings. The highest BCUT2D eigenvalue weighted by Crippen LogP contribution is 2.24. The highest BCUT2D eigenvalue weighted by Gasteiger charge is 2.20. The lowest BCUT2D eigenvalue weighted by atomic mass is 10.0. The molecular formula is C14H17NO2. The van der Waals surface area contributed by atoms with E-state index in [0.717, 1.165) is 30.6 Å². The van der Waals surface area contributed by atoms with Crippen LogP contribution in [0.2, 0.25) is 0 Å². The van der Waals surface area contributed by atoms with Crippen molar-refractivity contribution in [2.75, 3.05) is 13.2 Å². The molecule has 17 heavy (non-hydrogen) atoms. The highest BCUT2D eigenvalue weighted by atomic mass is 16.5. The van der Waals surface area contributed by atoms with E-state index in [1.54, 1.807) is 0 Å². The van der Waals surface area contributed by atoms with E-state index in [9.17, 15) is 4.79 Å². The maximum atomic E-state index is 12.0. The molecule has 0 bridgehead atoms. The molecule has 0 radical (unpaired) electrons. The van der Waals surface area contributed by atoms with Crippen LogP contribution in [0.25, 0.3) is 5.57 Å². The van der Waals surface area contributed by atoms with Crippen molar-refractivity contribution in [1.82, 2.24) is 5.32 Å². The van der Waals surface area contributed by atoms with E-state index in [0.29, 0.717) is 12.2 Å². The topological polar surface area (TPSA) is 38.3 Å². The van der Waals surface area contributed by atoms with E-state index in [1.807, 2.05) is 37.3 Å². The standard InChI is InChI=1S/C14H17NO2/c1-2-17-14(16)13(12-9-6-10-15-12)11-7-4-3-5-8-11/h3-5,7-8,15H,2,6,9-10H2,1H3/b13-12+. The number of esters is 1. The lowest BCUT2D eigenvalue weighted by Crippen LogP contribution is -2.14. The molecule has 0 spiro atoms. The van der Waals surface area contributed by atoms with Crippen molar-refractivity contribution in [3.63, 3.8) is 0 Å². The Kier molecular flexibility index (Phi) is 3.81. The number of allylic oxidation sites excluding steroid dienone is 1. The molecular weight excluding hydrogens is 214 g/mol. The molecule has 1 N–H and O–H groups in total. The fourth-order valence-corrected chi connectivity index (χ4v) is 2.03. The van der Waals surface area contributed by atoms with Gasteiger partial charge in [0.2, 0.25) is 0 Å². The molecule has 0 aliphatic carbocycles. The zero-order valence-electron chi connectivity index (χ0n) is 10.0. The van der Waals surface area contributed by atoms with Gasteiger partial charge in [0.25, 0.3) is 0 Å². The number of ether oxygens (including phenoxy) is 1. The van der Waals surface area contributed by atoms with Crippen LogP contribution in [0.1, 0.15) is 25.3 Å². The summed E-state index contributed by atoms with van der Waals surface area (Å²) in [5, 5.41) is 3.27. The van der Waals surface area contributed by atoms with Gasteiger partial charge in [-0.2, -0.15) is 0 Å². The summed E-state index contributed by atoms with van der Waals surface area (Å²) in [6.45, 7) is 3.17. The van der Waals surface area contributed by atoms with Crippen molar-refractivity contribution < 1.29 is 9.53 Å². The van der Waals surface area contributed by atoms with Crippen LogP contribution >= 0.6 is 0 Å². The van der Waals surface area contributed by atoms with Crippen LogP contribution in [-0.2, 0) is 9.53 Å². The van der Waals surface area contributed by atoms with Gasteiger partial charge in [0.1, 0.15) is 0 Å². The van der Waals surface area contributed by atoms with Gasteiger partial charge >= 0.3 is 5.97 Å². The molecule has 2 rings (SSSR count). The van der Waals surface area contributed by atoms with Gasteiger partial charge in [0.15, 0.2) is 0 Å². The Hall–Kier alpha value is -1.77. The summed E-state index contributed by atoms with van der Waals surface area (Å²) in [5.74, 6) is -0.233. The van der Waals surface area contributed by atoms with Gasteiger partial charge in [0, 0.05) is 12.2 Å². The molecule has 1 aromatic carbocycles. The largest absolute Gasteiger partial charge is 0.462 e. The molecule has 1 aliphatic heterocycles. The molecule has 1 heterocycles. The van der Waals surface area contributed by atoms with Gasteiger partial charge in [-0.25, -0.2) is 4.79 Å². The average molecular weight is 231 g/mol. The number of hydrogen-bond acceptors (Lipinski definition) is 3. The predicted octanol–water partition coefficient (Wildman–Crippen LogP) is 2.34. The summed E-state index contributed by atoms with van der Waals surface area (Å²) >= 11 is 0. The van der Waals surface area contributed by atoms with Crippen LogP contribution in [0.5, 0.6) is 0 Å². The lowest BCUT2D eigenvalue weighted by Gasteiger charge is -2.11. The quantitative estimate of drug-likeness (QED) is 0.641. The van der Waals surface area contributed by atoms with Gasteiger partial charge in [-0.3, -0.25) is 0 Å². The third kappa shape index (κ3) is 2.67. The smallest absolute Gasteiger partial charge is 0.340 e. The summed E-state index contributed by atoms with van der Waals surface area (Å²) in [6.07, 6.45) is 1.99. The van der Waals surface area contributed by atoms with Crippen molar-refractivity contribution in [2.45, 2.75) is 19.8 Å². The second-order valence-corrected chi connectivity index (χ2v) is 3.97. The van der Waals surface area contributed by atoms with Crippen molar-refractivity contribution in [2.24, 2.45) is 0 Å². The molecule has 1 saturated heterocycles. The molecule has 90 valence electrons. The lowest BCUT2D eigenvalue weighted by molar-refractivity contribution is -0.136. The monoisotopic (exact) mass is 231 g/mol. The molecule has 0 aromatic heterocycles. The molecule has 1 aliphatic rings. The minimum atomic E-state index is -0.233. The summed E-state index contributed by atoms with van der Waals surface area (Å²) in [4.78, 5) is 12.0. The minimum absolute atomic E-state index is 0.233. The Morgan fingerprint density at radius 1 is 1.35 bits per heavy atom. The SMILES string of the molecule is CCOC(=O)/C(=C1\CCCN1)c1ccccc1. The fourth-order valence-electron chi connectivity index (χ4n) is 2.03. The van der Waals surface area contributed by atoms with Crippen LogP contribution in [0.3, 0.4) is 0 Å². The van der Waals surface area contributed by atoms with Crippen LogP contribution in [0.4, 0.5) is 0 Å².